The Hall–Kier alpha value is -4.57. The first kappa shape index (κ1) is 41.5. The van der Waals surface area contributed by atoms with E-state index in [1.807, 2.05) is 26.2 Å². The van der Waals surface area contributed by atoms with Gasteiger partial charge >= 0.3 is 6.09 Å². The van der Waals surface area contributed by atoms with Gasteiger partial charge in [-0.1, -0.05) is 12.2 Å². The second-order valence-electron chi connectivity index (χ2n) is 10.8. The number of rotatable bonds is 15. The van der Waals surface area contributed by atoms with Gasteiger partial charge in [0, 0.05) is 25.2 Å². The van der Waals surface area contributed by atoms with Gasteiger partial charge in [0.2, 0.25) is 11.9 Å². The summed E-state index contributed by atoms with van der Waals surface area (Å²) in [6.45, 7) is 13.2. The molecule has 0 spiro atoms. The fraction of sp³-hybridized carbons (Fsp3) is 0.500. The fourth-order valence-electron chi connectivity index (χ4n) is 4.06. The van der Waals surface area contributed by atoms with Crippen molar-refractivity contribution in [3.63, 3.8) is 0 Å². The van der Waals surface area contributed by atoms with Crippen LogP contribution in [-0.4, -0.2) is 88.1 Å². The number of nitrogens with zero attached hydrogens (tertiary/aromatic N) is 4. The lowest BCUT2D eigenvalue weighted by atomic mass is 10.1. The second kappa shape index (κ2) is 21.3. The number of aryl methyl sites for hydroxylation is 2. The number of primary amides is 1. The number of fused-ring (bicyclic) bond motifs is 1. The first-order valence-corrected chi connectivity index (χ1v) is 16.8. The minimum Gasteiger partial charge on any atom is -0.491 e. The molecule has 0 aliphatic heterocycles. The van der Waals surface area contributed by atoms with Crippen LogP contribution in [0.5, 0.6) is 5.75 Å². The number of hydrogen-bond acceptors (Lipinski definition) is 11. The SMILES string of the molecule is CCOC=O.CCn1nc(C)cc1C(=O)Nc1nc2cc(C(N)=O)cc(OCCCSC)c2n1C/C=C/CNC(=O)OC(C)(C)C.CN. The van der Waals surface area contributed by atoms with E-state index in [1.54, 1.807) is 73.0 Å². The summed E-state index contributed by atoms with van der Waals surface area (Å²) in [4.78, 5) is 51.2. The molecular formula is C32H50N8O7S. The summed E-state index contributed by atoms with van der Waals surface area (Å²) in [5, 5.41) is 9.93. The van der Waals surface area contributed by atoms with Crippen molar-refractivity contribution in [2.24, 2.45) is 11.5 Å². The van der Waals surface area contributed by atoms with Crippen LogP contribution in [0.4, 0.5) is 10.7 Å². The summed E-state index contributed by atoms with van der Waals surface area (Å²) in [6, 6.07) is 4.88. The van der Waals surface area contributed by atoms with Crippen molar-refractivity contribution in [2.75, 3.05) is 44.1 Å². The highest BCUT2D eigenvalue weighted by Gasteiger charge is 2.21. The molecule has 48 heavy (non-hydrogen) atoms. The van der Waals surface area contributed by atoms with Gasteiger partial charge in [-0.15, -0.1) is 0 Å². The molecule has 0 saturated heterocycles. The van der Waals surface area contributed by atoms with Crippen molar-refractivity contribution in [3.8, 4) is 5.75 Å². The number of imidazole rings is 1. The number of hydrogen-bond donors (Lipinski definition) is 4. The molecule has 266 valence electrons. The molecule has 0 aliphatic rings. The molecule has 3 aromatic rings. The highest BCUT2D eigenvalue weighted by Crippen LogP contribution is 2.31. The van der Waals surface area contributed by atoms with Gasteiger partial charge < -0.3 is 35.6 Å². The minimum atomic E-state index is -0.614. The van der Waals surface area contributed by atoms with E-state index in [9.17, 15) is 19.2 Å². The van der Waals surface area contributed by atoms with Crippen LogP contribution in [0.25, 0.3) is 11.0 Å². The summed E-state index contributed by atoms with van der Waals surface area (Å²) in [5.74, 6) is 0.609. The predicted octanol–water partition coefficient (Wildman–Crippen LogP) is 3.88. The highest BCUT2D eigenvalue weighted by molar-refractivity contribution is 7.98. The summed E-state index contributed by atoms with van der Waals surface area (Å²) in [6.07, 6.45) is 5.90. The number of alkyl carbamates (subject to hydrolysis) is 1. The smallest absolute Gasteiger partial charge is 0.407 e. The molecular weight excluding hydrogens is 640 g/mol. The number of aromatic nitrogens is 4. The van der Waals surface area contributed by atoms with E-state index in [0.29, 0.717) is 48.7 Å². The molecule has 16 heteroatoms. The molecule has 0 saturated carbocycles. The lowest BCUT2D eigenvalue weighted by Crippen LogP contribution is -2.32. The van der Waals surface area contributed by atoms with Gasteiger partial charge in [-0.05, 0) is 85.2 Å². The molecule has 0 aliphatic carbocycles. The summed E-state index contributed by atoms with van der Waals surface area (Å²) >= 11 is 1.71. The average molecular weight is 691 g/mol. The molecule has 2 heterocycles. The van der Waals surface area contributed by atoms with E-state index in [2.05, 4.69) is 31.2 Å². The number of anilines is 1. The van der Waals surface area contributed by atoms with E-state index in [-0.39, 0.29) is 30.5 Å². The third-order valence-corrected chi connectivity index (χ3v) is 6.65. The molecule has 3 rings (SSSR count). The molecule has 2 aromatic heterocycles. The third kappa shape index (κ3) is 13.7. The summed E-state index contributed by atoms with van der Waals surface area (Å²) in [7, 11) is 1.50. The van der Waals surface area contributed by atoms with E-state index >= 15 is 0 Å². The predicted molar refractivity (Wildman–Crippen MR) is 189 cm³/mol. The van der Waals surface area contributed by atoms with Crippen molar-refractivity contribution in [1.82, 2.24) is 24.6 Å². The largest absolute Gasteiger partial charge is 0.491 e. The average Bonchev–Trinajstić information content (AvgIpc) is 3.59. The number of carbonyl (C=O) groups excluding carboxylic acids is 4. The number of nitrogens with two attached hydrogens (primary N) is 2. The van der Waals surface area contributed by atoms with Gasteiger partial charge in [-0.3, -0.25) is 24.4 Å². The van der Waals surface area contributed by atoms with Crippen LogP contribution in [0.2, 0.25) is 0 Å². The van der Waals surface area contributed by atoms with Gasteiger partial charge in [0.15, 0.2) is 0 Å². The fourth-order valence-corrected chi connectivity index (χ4v) is 4.47. The maximum atomic E-state index is 13.3. The van der Waals surface area contributed by atoms with Crippen molar-refractivity contribution in [2.45, 2.75) is 66.7 Å². The number of carbonyl (C=O) groups is 4. The molecule has 0 unspecified atom stereocenters. The second-order valence-corrected chi connectivity index (χ2v) is 11.8. The highest BCUT2D eigenvalue weighted by atomic mass is 32.2. The molecule has 0 radical (unpaired) electrons. The first-order valence-electron chi connectivity index (χ1n) is 15.4. The van der Waals surface area contributed by atoms with E-state index in [1.165, 1.54) is 7.05 Å². The molecule has 15 nitrogen and oxygen atoms in total. The van der Waals surface area contributed by atoms with Crippen LogP contribution in [0, 0.1) is 6.92 Å². The topological polar surface area (TPSA) is 208 Å². The normalized spacial score (nSPS) is 10.8. The van der Waals surface area contributed by atoms with Crippen LogP contribution >= 0.6 is 11.8 Å². The van der Waals surface area contributed by atoms with E-state index in [4.69, 9.17) is 15.2 Å². The molecule has 3 amide bonds. The zero-order chi connectivity index (χ0) is 36.3. The van der Waals surface area contributed by atoms with Crippen LogP contribution in [0.1, 0.15) is 67.6 Å². The van der Waals surface area contributed by atoms with Gasteiger partial charge in [0.05, 0.1) is 24.4 Å². The Morgan fingerprint density at radius 1 is 1.10 bits per heavy atom. The van der Waals surface area contributed by atoms with Crippen LogP contribution in [0.15, 0.2) is 30.4 Å². The van der Waals surface area contributed by atoms with Crippen LogP contribution in [0.3, 0.4) is 0 Å². The number of thioether (sulfide) groups is 1. The van der Waals surface area contributed by atoms with Crippen molar-refractivity contribution in [1.29, 1.82) is 0 Å². The maximum absolute atomic E-state index is 13.3. The lowest BCUT2D eigenvalue weighted by molar-refractivity contribution is -0.128. The van der Waals surface area contributed by atoms with Gasteiger partial charge in [0.1, 0.15) is 22.6 Å². The quantitative estimate of drug-likeness (QED) is 0.102. The number of nitrogens with one attached hydrogen (secondary N) is 2. The molecule has 0 bridgehead atoms. The number of benzene rings is 1. The zero-order valence-electron chi connectivity index (χ0n) is 29.1. The van der Waals surface area contributed by atoms with Gasteiger partial charge in [-0.25, -0.2) is 9.78 Å². The van der Waals surface area contributed by atoms with Gasteiger partial charge in [0.25, 0.3) is 12.4 Å². The Morgan fingerprint density at radius 3 is 2.38 bits per heavy atom. The van der Waals surface area contributed by atoms with E-state index in [0.717, 1.165) is 17.9 Å². The Labute approximate surface area is 286 Å². The van der Waals surface area contributed by atoms with Crippen molar-refractivity contribution < 1.29 is 33.4 Å². The zero-order valence-corrected chi connectivity index (χ0v) is 29.9. The molecule has 0 fully saturated rings. The van der Waals surface area contributed by atoms with Crippen LogP contribution in [-0.2, 0) is 27.4 Å². The Bertz CT molecular complexity index is 1510. The maximum Gasteiger partial charge on any atom is 0.407 e. The number of ether oxygens (including phenoxy) is 3. The standard InChI is InChI=1S/C28H39N7O5S.C3H6O2.CH5N/c1-7-35-21(15-18(2)33-35)25(37)32-26-31-20-16-19(24(29)36)17-22(39-13-10-14-41-6)23(20)34(26)12-9-8-11-30-27(38)40-28(3,4)5;1-2-5-3-4;1-2/h8-9,15-17H,7,10-14H2,1-6H3,(H2,29,36)(H,30,38)(H,31,32,37);3H,2H2,1H3;2H2,1H3/b9-8+;;. The molecule has 6 N–H and O–H groups in total. The van der Waals surface area contributed by atoms with Crippen molar-refractivity contribution in [3.05, 3.63) is 47.3 Å². The Kier molecular flexibility index (Phi) is 18.4. The number of amides is 3. The summed E-state index contributed by atoms with van der Waals surface area (Å²) in [5.41, 5.74) is 11.9. The lowest BCUT2D eigenvalue weighted by Gasteiger charge is -2.19. The van der Waals surface area contributed by atoms with Crippen molar-refractivity contribution >= 4 is 53.1 Å². The number of allylic oxidation sites excluding steroid dienone is 1. The van der Waals surface area contributed by atoms with E-state index < -0.39 is 17.6 Å². The first-order chi connectivity index (χ1) is 22.8. The molecule has 0 atom stereocenters. The Morgan fingerprint density at radius 2 is 1.81 bits per heavy atom. The monoisotopic (exact) mass is 690 g/mol. The third-order valence-electron chi connectivity index (χ3n) is 5.95. The van der Waals surface area contributed by atoms with Crippen LogP contribution < -0.4 is 26.8 Å². The summed E-state index contributed by atoms with van der Waals surface area (Å²) < 4.78 is 18.9. The van der Waals surface area contributed by atoms with Gasteiger partial charge in [-0.2, -0.15) is 16.9 Å². The molecule has 1 aromatic carbocycles. The Balaban J connectivity index is 0.00000150. The minimum absolute atomic E-state index is 0.238.